The molecule has 5 heteroatoms. The van der Waals surface area contributed by atoms with Crippen LogP contribution in [0.2, 0.25) is 0 Å². The van der Waals surface area contributed by atoms with Crippen LogP contribution < -0.4 is 0 Å². The fourth-order valence-corrected chi connectivity index (χ4v) is 6.28. The molecule has 0 heterocycles. The number of rotatable bonds is 6. The van der Waals surface area contributed by atoms with Gasteiger partial charge in [-0.3, -0.25) is 0 Å². The van der Waals surface area contributed by atoms with Gasteiger partial charge >= 0.3 is 187 Å². The molecule has 0 fully saturated rings. The normalized spacial score (nSPS) is 11.7. The molecule has 3 aromatic rings. The predicted octanol–water partition coefficient (Wildman–Crippen LogP) is 6.89. The van der Waals surface area contributed by atoms with Gasteiger partial charge in [0.25, 0.3) is 0 Å². The zero-order valence-electron chi connectivity index (χ0n) is 16.3. The number of fused-ring (bicyclic) bond motifs is 3. The summed E-state index contributed by atoms with van der Waals surface area (Å²) < 4.78 is 1.71. The second kappa shape index (κ2) is 9.06. The van der Waals surface area contributed by atoms with Crippen LogP contribution in [0.1, 0.15) is 36.5 Å². The van der Waals surface area contributed by atoms with E-state index in [1.54, 1.807) is 3.38 Å². The van der Waals surface area contributed by atoms with Gasteiger partial charge in [0.15, 0.2) is 0 Å². The quantitative estimate of drug-likeness (QED) is 0.288. The fraction of sp³-hybridized carbons (Fsp3) is 0.208. The molecule has 1 amide bonds. The summed E-state index contributed by atoms with van der Waals surface area (Å²) in [5.74, 6) is 0.0491. The summed E-state index contributed by atoms with van der Waals surface area (Å²) in [6.45, 7) is 2.46. The van der Waals surface area contributed by atoms with E-state index in [0.29, 0.717) is 13.0 Å². The molecule has 0 saturated carbocycles. The van der Waals surface area contributed by atoms with Gasteiger partial charge in [-0.2, -0.15) is 0 Å². The zero-order valence-corrected chi connectivity index (χ0v) is 19.4. The van der Waals surface area contributed by atoms with Crippen LogP contribution in [0, 0.1) is 0 Å². The number of amides is 1. The van der Waals surface area contributed by atoms with E-state index in [2.05, 4.69) is 60.7 Å². The van der Waals surface area contributed by atoms with E-state index in [0.717, 1.165) is 24.0 Å². The Kier molecular flexibility index (Phi) is 6.46. The molecule has 1 aliphatic rings. The van der Waals surface area contributed by atoms with Crippen molar-refractivity contribution in [3.63, 3.8) is 0 Å². The first-order valence-corrected chi connectivity index (χ1v) is 14.9. The molecule has 0 atom stereocenters. The van der Waals surface area contributed by atoms with Gasteiger partial charge in [0, 0.05) is 0 Å². The van der Waals surface area contributed by atoms with E-state index in [1.165, 1.54) is 27.8 Å². The van der Waals surface area contributed by atoms with Gasteiger partial charge in [-0.1, -0.05) is 0 Å². The molecule has 0 unspecified atom stereocenters. The predicted molar refractivity (Wildman–Crippen MR) is 117 cm³/mol. The maximum absolute atomic E-state index is 12.6. The monoisotopic (exact) mass is 458 g/mol. The molecule has 0 aliphatic heterocycles. The molecule has 4 rings (SSSR count). The first-order chi connectivity index (χ1) is 14.1. The Morgan fingerprint density at radius 3 is 2.24 bits per heavy atom. The Hall–Kier alpha value is -1.58. The van der Waals surface area contributed by atoms with E-state index < -0.39 is 16.0 Å². The van der Waals surface area contributed by atoms with Crippen LogP contribution in [0.25, 0.3) is 22.3 Å². The number of halogens is 2. The summed E-state index contributed by atoms with van der Waals surface area (Å²) >= 11 is -2.58. The maximum atomic E-state index is 12.6. The number of benzene rings is 3. The van der Waals surface area contributed by atoms with E-state index in [-0.39, 0.29) is 5.91 Å². The van der Waals surface area contributed by atoms with Crippen LogP contribution in [0.15, 0.2) is 66.7 Å². The van der Waals surface area contributed by atoms with E-state index in [4.69, 9.17) is 18.6 Å². The molecule has 0 bridgehead atoms. The Morgan fingerprint density at radius 2 is 1.52 bits per heavy atom. The van der Waals surface area contributed by atoms with Crippen LogP contribution >= 0.6 is 18.6 Å². The molecule has 0 spiro atoms. The molecule has 0 radical (unpaired) electrons. The van der Waals surface area contributed by atoms with Crippen LogP contribution in [-0.4, -0.2) is 9.29 Å². The van der Waals surface area contributed by atoms with E-state index in [1.807, 2.05) is 13.0 Å². The molecular weight excluding hydrogens is 437 g/mol. The summed E-state index contributed by atoms with van der Waals surface area (Å²) in [5.41, 5.74) is 8.80. The third kappa shape index (κ3) is 4.18. The number of hydrogen-bond donors (Lipinski definition) is 0. The topological polar surface area (TPSA) is 20.3 Å². The van der Waals surface area contributed by atoms with Gasteiger partial charge in [-0.25, -0.2) is 0 Å². The Morgan fingerprint density at radius 1 is 0.897 bits per heavy atom. The van der Waals surface area contributed by atoms with Gasteiger partial charge in [-0.15, -0.1) is 0 Å². The van der Waals surface area contributed by atoms with Crippen molar-refractivity contribution in [3.8, 4) is 22.3 Å². The third-order valence-corrected chi connectivity index (χ3v) is 8.41. The molecule has 147 valence electrons. The zero-order chi connectivity index (χ0) is 20.4. The van der Waals surface area contributed by atoms with Gasteiger partial charge in [0.05, 0.1) is 0 Å². The van der Waals surface area contributed by atoms with E-state index in [9.17, 15) is 4.79 Å². The molecule has 3 aromatic carbocycles. The van der Waals surface area contributed by atoms with Crippen molar-refractivity contribution in [2.24, 2.45) is 0 Å². The third-order valence-electron chi connectivity index (χ3n) is 5.46. The van der Waals surface area contributed by atoms with E-state index >= 15 is 0 Å². The summed E-state index contributed by atoms with van der Waals surface area (Å²) in [6.07, 6.45) is 2.20. The van der Waals surface area contributed by atoms with Gasteiger partial charge in [0.2, 0.25) is 0 Å². The van der Waals surface area contributed by atoms with Crippen molar-refractivity contribution in [1.82, 2.24) is 3.38 Å². The summed E-state index contributed by atoms with van der Waals surface area (Å²) in [6, 6.07) is 23.4. The second-order valence-electron chi connectivity index (χ2n) is 7.29. The van der Waals surface area contributed by atoms with Crippen molar-refractivity contribution in [1.29, 1.82) is 0 Å². The fourth-order valence-electron chi connectivity index (χ4n) is 4.09. The average molecular weight is 459 g/mol. The Bertz CT molecular complexity index is 1050. The molecular formula is C24H22Cl2NOTi. The molecule has 2 nitrogen and oxygen atoms in total. The number of carbonyl (C=O) groups is 1. The van der Waals surface area contributed by atoms with Crippen LogP contribution in [0.3, 0.4) is 0 Å². The Labute approximate surface area is 186 Å². The molecule has 0 aromatic heterocycles. The molecule has 29 heavy (non-hydrogen) atoms. The first-order valence-electron chi connectivity index (χ1n) is 9.87. The molecule has 0 N–H and O–H groups in total. The standard InChI is InChI=1S/C24H23NO.2ClH.Ti/c1-2-8-24(26)25-16-18-10-4-6-12-20(18)22-14-7-13-21-19-11-5-3-9-17(19)15-23(21)22;;;/h3-7,9-14H,2,8,15-16H2,1H3,(H,25,26);2*1H;/q;;;+3/p-3. The second-order valence-corrected chi connectivity index (χ2v) is 12.6. The molecule has 0 saturated heterocycles. The first kappa shape index (κ1) is 20.7. The number of hydrogen-bond acceptors (Lipinski definition) is 1. The van der Waals surface area contributed by atoms with Crippen LogP contribution in [0.5, 0.6) is 0 Å². The van der Waals surface area contributed by atoms with Crippen molar-refractivity contribution in [2.75, 3.05) is 0 Å². The minimum absolute atomic E-state index is 0.0491. The Balaban J connectivity index is 1.75. The molecule has 1 aliphatic carbocycles. The number of nitrogens with zero attached hydrogens (tertiary/aromatic N) is 1. The summed E-state index contributed by atoms with van der Waals surface area (Å²) in [7, 11) is 12.6. The van der Waals surface area contributed by atoms with Gasteiger partial charge in [0.1, 0.15) is 0 Å². The van der Waals surface area contributed by atoms with Crippen molar-refractivity contribution in [3.05, 3.63) is 83.4 Å². The van der Waals surface area contributed by atoms with Gasteiger partial charge in [-0.05, 0) is 0 Å². The minimum atomic E-state index is -2.58. The van der Waals surface area contributed by atoms with Gasteiger partial charge < -0.3 is 0 Å². The van der Waals surface area contributed by atoms with Crippen molar-refractivity contribution < 1.29 is 20.8 Å². The van der Waals surface area contributed by atoms with Crippen molar-refractivity contribution in [2.45, 2.75) is 32.7 Å². The summed E-state index contributed by atoms with van der Waals surface area (Å²) in [5, 5.41) is 0. The summed E-state index contributed by atoms with van der Waals surface area (Å²) in [4.78, 5) is 12.6. The number of carbonyl (C=O) groups excluding carboxylic acids is 1. The average Bonchev–Trinajstić information content (AvgIpc) is 3.11. The SMILES string of the molecule is CCCC(=O)[N](Cc1ccccc1-c1cccc2c1Cc1ccccc1-2)[Ti]([Cl])[Cl]. The van der Waals surface area contributed by atoms with Crippen LogP contribution in [-0.2, 0) is 33.8 Å². The van der Waals surface area contributed by atoms with Crippen molar-refractivity contribution >= 4 is 24.5 Å². The van der Waals surface area contributed by atoms with Crippen LogP contribution in [0.4, 0.5) is 0 Å².